The first kappa shape index (κ1) is 9.45. The van der Waals surface area contributed by atoms with Crippen LogP contribution in [0.5, 0.6) is 0 Å². The SMILES string of the molecule is O=C(O)C1CN(C(=O)C2CC2)CCN1. The van der Waals surface area contributed by atoms with E-state index in [1.54, 1.807) is 4.90 Å². The number of carboxylic acids is 1. The molecule has 2 N–H and O–H groups in total. The third kappa shape index (κ3) is 1.87. The molecule has 1 saturated heterocycles. The fourth-order valence-corrected chi connectivity index (χ4v) is 1.70. The molecule has 5 heteroatoms. The van der Waals surface area contributed by atoms with Gasteiger partial charge >= 0.3 is 5.97 Å². The fourth-order valence-electron chi connectivity index (χ4n) is 1.70. The van der Waals surface area contributed by atoms with E-state index >= 15 is 0 Å². The van der Waals surface area contributed by atoms with Gasteiger partial charge in [-0.3, -0.25) is 9.59 Å². The highest BCUT2D eigenvalue weighted by Crippen LogP contribution is 2.31. The number of carbonyl (C=O) groups is 2. The predicted octanol–water partition coefficient (Wildman–Crippen LogP) is -0.719. The Bertz CT molecular complexity index is 263. The van der Waals surface area contributed by atoms with Crippen molar-refractivity contribution in [2.75, 3.05) is 19.6 Å². The van der Waals surface area contributed by atoms with Gasteiger partial charge in [-0.05, 0) is 12.8 Å². The normalized spacial score (nSPS) is 27.4. The Morgan fingerprint density at radius 3 is 2.64 bits per heavy atom. The zero-order valence-corrected chi connectivity index (χ0v) is 7.90. The van der Waals surface area contributed by atoms with Gasteiger partial charge in [0.1, 0.15) is 6.04 Å². The summed E-state index contributed by atoms with van der Waals surface area (Å²) >= 11 is 0. The standard InChI is InChI=1S/C9H14N2O3/c12-8(6-1-2-6)11-4-3-10-7(5-11)9(13)14/h6-7,10H,1-5H2,(H,13,14). The molecule has 1 unspecified atom stereocenters. The summed E-state index contributed by atoms with van der Waals surface area (Å²) in [6, 6.07) is -0.591. The molecule has 1 heterocycles. The van der Waals surface area contributed by atoms with E-state index in [1.807, 2.05) is 0 Å². The van der Waals surface area contributed by atoms with Crippen molar-refractivity contribution in [3.05, 3.63) is 0 Å². The lowest BCUT2D eigenvalue weighted by Crippen LogP contribution is -2.56. The van der Waals surface area contributed by atoms with E-state index < -0.39 is 12.0 Å². The number of carboxylic acid groups (broad SMARTS) is 1. The van der Waals surface area contributed by atoms with Crippen LogP contribution in [-0.4, -0.2) is 47.6 Å². The predicted molar refractivity (Wildman–Crippen MR) is 48.7 cm³/mol. The minimum Gasteiger partial charge on any atom is -0.480 e. The Labute approximate surface area is 82.1 Å². The van der Waals surface area contributed by atoms with Crippen molar-refractivity contribution in [2.45, 2.75) is 18.9 Å². The van der Waals surface area contributed by atoms with Crippen molar-refractivity contribution in [3.8, 4) is 0 Å². The molecule has 78 valence electrons. The number of nitrogens with zero attached hydrogens (tertiary/aromatic N) is 1. The number of amides is 1. The van der Waals surface area contributed by atoms with E-state index in [9.17, 15) is 9.59 Å². The molecule has 1 saturated carbocycles. The average molecular weight is 198 g/mol. The van der Waals surface area contributed by atoms with Crippen LogP contribution in [0.1, 0.15) is 12.8 Å². The highest BCUT2D eigenvalue weighted by molar-refractivity contribution is 5.82. The van der Waals surface area contributed by atoms with Crippen LogP contribution in [-0.2, 0) is 9.59 Å². The summed E-state index contributed by atoms with van der Waals surface area (Å²) in [5.41, 5.74) is 0. The summed E-state index contributed by atoms with van der Waals surface area (Å²) in [5, 5.41) is 11.7. The molecule has 5 nitrogen and oxygen atoms in total. The van der Waals surface area contributed by atoms with Crippen LogP contribution in [0.3, 0.4) is 0 Å². The lowest BCUT2D eigenvalue weighted by Gasteiger charge is -2.31. The molecule has 14 heavy (non-hydrogen) atoms. The molecule has 0 spiro atoms. The highest BCUT2D eigenvalue weighted by Gasteiger charge is 2.36. The number of aliphatic carboxylic acids is 1. The molecule has 2 rings (SSSR count). The van der Waals surface area contributed by atoms with Crippen LogP contribution < -0.4 is 5.32 Å². The minimum absolute atomic E-state index is 0.137. The number of hydrogen-bond donors (Lipinski definition) is 2. The maximum atomic E-state index is 11.6. The van der Waals surface area contributed by atoms with E-state index in [2.05, 4.69) is 5.32 Å². The van der Waals surface area contributed by atoms with E-state index in [0.29, 0.717) is 19.6 Å². The summed E-state index contributed by atoms with van der Waals surface area (Å²) in [6.07, 6.45) is 1.95. The molecule has 1 aliphatic carbocycles. The first-order chi connectivity index (χ1) is 6.68. The second-order valence-electron chi connectivity index (χ2n) is 3.90. The van der Waals surface area contributed by atoms with Crippen LogP contribution >= 0.6 is 0 Å². The molecule has 1 atom stereocenters. The van der Waals surface area contributed by atoms with E-state index in [0.717, 1.165) is 12.8 Å². The van der Waals surface area contributed by atoms with Crippen LogP contribution in [0, 0.1) is 5.92 Å². The number of nitrogens with one attached hydrogen (secondary N) is 1. The van der Waals surface area contributed by atoms with Crippen LogP contribution in [0.4, 0.5) is 0 Å². The second kappa shape index (κ2) is 3.57. The van der Waals surface area contributed by atoms with Crippen molar-refractivity contribution in [1.29, 1.82) is 0 Å². The Kier molecular flexibility index (Phi) is 2.41. The molecule has 0 radical (unpaired) electrons. The maximum absolute atomic E-state index is 11.6. The van der Waals surface area contributed by atoms with E-state index in [4.69, 9.17) is 5.11 Å². The molecule has 2 fully saturated rings. The highest BCUT2D eigenvalue weighted by atomic mass is 16.4. The van der Waals surface area contributed by atoms with Gasteiger partial charge in [0.15, 0.2) is 0 Å². The maximum Gasteiger partial charge on any atom is 0.322 e. The van der Waals surface area contributed by atoms with Crippen molar-refractivity contribution >= 4 is 11.9 Å². The summed E-state index contributed by atoms with van der Waals surface area (Å²) in [4.78, 5) is 24.0. The smallest absolute Gasteiger partial charge is 0.322 e. The van der Waals surface area contributed by atoms with Crippen LogP contribution in [0.2, 0.25) is 0 Å². The number of rotatable bonds is 2. The zero-order valence-electron chi connectivity index (χ0n) is 7.90. The first-order valence-corrected chi connectivity index (χ1v) is 4.93. The molecule has 0 bridgehead atoms. The Balaban J connectivity index is 1.92. The Hall–Kier alpha value is -1.10. The molecular formula is C9H14N2O3. The van der Waals surface area contributed by atoms with Crippen molar-refractivity contribution < 1.29 is 14.7 Å². The lowest BCUT2D eigenvalue weighted by molar-refractivity contribution is -0.143. The van der Waals surface area contributed by atoms with Gasteiger partial charge in [-0.15, -0.1) is 0 Å². The molecule has 1 aliphatic heterocycles. The monoisotopic (exact) mass is 198 g/mol. The van der Waals surface area contributed by atoms with Gasteiger partial charge in [0, 0.05) is 25.6 Å². The molecule has 0 aromatic rings. The quantitative estimate of drug-likeness (QED) is 0.614. The Morgan fingerprint density at radius 1 is 1.36 bits per heavy atom. The van der Waals surface area contributed by atoms with Gasteiger partial charge < -0.3 is 15.3 Å². The second-order valence-corrected chi connectivity index (χ2v) is 3.90. The van der Waals surface area contributed by atoms with E-state index in [1.165, 1.54) is 0 Å². The zero-order chi connectivity index (χ0) is 10.1. The molecule has 2 aliphatic rings. The van der Waals surface area contributed by atoms with Crippen molar-refractivity contribution in [2.24, 2.45) is 5.92 Å². The van der Waals surface area contributed by atoms with Gasteiger partial charge in [-0.1, -0.05) is 0 Å². The van der Waals surface area contributed by atoms with Crippen molar-refractivity contribution in [3.63, 3.8) is 0 Å². The number of piperazine rings is 1. The third-order valence-electron chi connectivity index (χ3n) is 2.71. The third-order valence-corrected chi connectivity index (χ3v) is 2.71. The van der Waals surface area contributed by atoms with E-state index in [-0.39, 0.29) is 11.8 Å². The fraction of sp³-hybridized carbons (Fsp3) is 0.778. The summed E-state index contributed by atoms with van der Waals surface area (Å²) in [7, 11) is 0. The largest absolute Gasteiger partial charge is 0.480 e. The molecule has 1 amide bonds. The topological polar surface area (TPSA) is 69.6 Å². The lowest BCUT2D eigenvalue weighted by atomic mass is 10.2. The first-order valence-electron chi connectivity index (χ1n) is 4.93. The number of hydrogen-bond acceptors (Lipinski definition) is 3. The van der Waals surface area contributed by atoms with Gasteiger partial charge in [0.2, 0.25) is 5.91 Å². The van der Waals surface area contributed by atoms with Crippen molar-refractivity contribution in [1.82, 2.24) is 10.2 Å². The van der Waals surface area contributed by atoms with Crippen LogP contribution in [0.15, 0.2) is 0 Å². The molecular weight excluding hydrogens is 184 g/mol. The molecule has 0 aromatic heterocycles. The number of carbonyl (C=O) groups excluding carboxylic acids is 1. The van der Waals surface area contributed by atoms with Gasteiger partial charge in [-0.25, -0.2) is 0 Å². The minimum atomic E-state index is -0.877. The average Bonchev–Trinajstić information content (AvgIpc) is 3.00. The summed E-state index contributed by atoms with van der Waals surface area (Å²) in [5.74, 6) is -0.557. The van der Waals surface area contributed by atoms with Gasteiger partial charge in [0.25, 0.3) is 0 Å². The van der Waals surface area contributed by atoms with Gasteiger partial charge in [0.05, 0.1) is 0 Å². The van der Waals surface area contributed by atoms with Gasteiger partial charge in [-0.2, -0.15) is 0 Å². The summed E-state index contributed by atoms with van der Waals surface area (Å²) < 4.78 is 0. The Morgan fingerprint density at radius 2 is 2.07 bits per heavy atom. The summed E-state index contributed by atoms with van der Waals surface area (Å²) in [6.45, 7) is 1.53. The van der Waals surface area contributed by atoms with Crippen LogP contribution in [0.25, 0.3) is 0 Å². The molecule has 0 aromatic carbocycles.